The number of aryl methyl sites for hydroxylation is 2. The molecular weight excluding hydrogens is 346 g/mol. The topological polar surface area (TPSA) is 39.2 Å². The van der Waals surface area contributed by atoms with Crippen molar-refractivity contribution in [2.75, 3.05) is 0 Å². The molecule has 0 aliphatic heterocycles. The number of halogens is 1. The van der Waals surface area contributed by atoms with Crippen LogP contribution in [0.25, 0.3) is 11.3 Å². The van der Waals surface area contributed by atoms with Gasteiger partial charge in [-0.05, 0) is 73.0 Å². The molecule has 0 atom stereocenters. The normalized spacial score (nSPS) is 10.1. The molecule has 0 saturated heterocycles. The number of aromatic nitrogens is 1. The van der Waals surface area contributed by atoms with Gasteiger partial charge in [0.05, 0.1) is 5.69 Å². The maximum absolute atomic E-state index is 11.6. The molecular formula is C22H22ClNO2. The second-order valence-corrected chi connectivity index (χ2v) is 6.20. The van der Waals surface area contributed by atoms with Crippen LogP contribution in [0.4, 0.5) is 0 Å². The Labute approximate surface area is 159 Å². The number of nitrogens with zero attached hydrogens (tertiary/aromatic N) is 1. The molecule has 134 valence electrons. The van der Waals surface area contributed by atoms with Crippen molar-refractivity contribution < 1.29 is 9.53 Å². The molecule has 0 unspecified atom stereocenters. The lowest BCUT2D eigenvalue weighted by atomic mass is 10.0. The zero-order valence-corrected chi connectivity index (χ0v) is 14.9. The highest BCUT2D eigenvalue weighted by Crippen LogP contribution is 2.26. The Morgan fingerprint density at radius 3 is 2.50 bits per heavy atom. The first-order valence-corrected chi connectivity index (χ1v) is 8.37. The minimum Gasteiger partial charge on any atom is -0.489 e. The fraction of sp³-hybridized carbons (Fsp3) is 0.182. The van der Waals surface area contributed by atoms with Gasteiger partial charge in [-0.15, -0.1) is 0 Å². The highest BCUT2D eigenvalue weighted by atomic mass is 35.5. The zero-order valence-electron chi connectivity index (χ0n) is 14.1. The maximum atomic E-state index is 11.6. The molecule has 0 N–H and O–H groups in total. The van der Waals surface area contributed by atoms with Gasteiger partial charge in [-0.3, -0.25) is 9.78 Å². The first-order chi connectivity index (χ1) is 12.1. The van der Waals surface area contributed by atoms with Crippen molar-refractivity contribution in [1.29, 1.82) is 0 Å². The maximum Gasteiger partial charge on any atom is 0.252 e. The Bertz CT molecular complexity index is 907. The predicted molar refractivity (Wildman–Crippen MR) is 107 cm³/mol. The van der Waals surface area contributed by atoms with Crippen LogP contribution in [0.5, 0.6) is 5.75 Å². The van der Waals surface area contributed by atoms with Gasteiger partial charge in [0.15, 0.2) is 0 Å². The average Bonchev–Trinajstić information content (AvgIpc) is 2.62. The minimum atomic E-state index is -0.468. The van der Waals surface area contributed by atoms with Crippen molar-refractivity contribution in [3.8, 4) is 17.0 Å². The third-order valence-corrected chi connectivity index (χ3v) is 4.33. The number of rotatable bonds is 5. The van der Waals surface area contributed by atoms with Crippen LogP contribution in [0.2, 0.25) is 0 Å². The van der Waals surface area contributed by atoms with E-state index in [1.165, 1.54) is 0 Å². The molecule has 1 aromatic heterocycles. The highest BCUT2D eigenvalue weighted by Gasteiger charge is 2.12. The van der Waals surface area contributed by atoms with Crippen molar-refractivity contribution in [2.24, 2.45) is 0 Å². The van der Waals surface area contributed by atoms with Crippen LogP contribution in [-0.2, 0) is 6.61 Å². The van der Waals surface area contributed by atoms with Crippen LogP contribution in [0.15, 0.2) is 60.8 Å². The summed E-state index contributed by atoms with van der Waals surface area (Å²) in [5, 5.41) is -0.468. The van der Waals surface area contributed by atoms with Gasteiger partial charge in [0.1, 0.15) is 12.4 Å². The van der Waals surface area contributed by atoms with E-state index >= 15 is 0 Å². The summed E-state index contributed by atoms with van der Waals surface area (Å²) in [5.41, 5.74) is 5.26. The summed E-state index contributed by atoms with van der Waals surface area (Å²) in [6.45, 7) is 4.23. The zero-order chi connectivity index (χ0) is 17.8. The Hall–Kier alpha value is -2.65. The molecule has 0 radical (unpaired) electrons. The fourth-order valence-corrected chi connectivity index (χ4v) is 2.91. The summed E-state index contributed by atoms with van der Waals surface area (Å²) in [4.78, 5) is 16.0. The van der Waals surface area contributed by atoms with Crippen LogP contribution < -0.4 is 4.74 Å². The van der Waals surface area contributed by atoms with Crippen LogP contribution >= 0.6 is 11.6 Å². The van der Waals surface area contributed by atoms with Crippen LogP contribution in [0.3, 0.4) is 0 Å². The van der Waals surface area contributed by atoms with Gasteiger partial charge in [0.25, 0.3) is 5.24 Å². The average molecular weight is 368 g/mol. The van der Waals surface area contributed by atoms with Crippen LogP contribution in [0, 0.1) is 13.8 Å². The van der Waals surface area contributed by atoms with E-state index in [0.717, 1.165) is 33.7 Å². The van der Waals surface area contributed by atoms with E-state index in [1.54, 1.807) is 12.3 Å². The summed E-state index contributed by atoms with van der Waals surface area (Å²) in [7, 11) is 0. The lowest BCUT2D eigenvalue weighted by molar-refractivity contribution is 0.107. The number of carbonyl (C=O) groups excluding carboxylic acids is 1. The summed E-state index contributed by atoms with van der Waals surface area (Å²) < 4.78 is 5.95. The van der Waals surface area contributed by atoms with Crippen molar-refractivity contribution in [1.82, 2.24) is 4.98 Å². The summed E-state index contributed by atoms with van der Waals surface area (Å²) in [5.74, 6) is 0.774. The van der Waals surface area contributed by atoms with Crippen molar-refractivity contribution in [3.05, 3.63) is 83.0 Å². The smallest absolute Gasteiger partial charge is 0.252 e. The number of pyridine rings is 1. The monoisotopic (exact) mass is 367 g/mol. The third-order valence-electron chi connectivity index (χ3n) is 4.13. The Morgan fingerprint density at radius 2 is 1.85 bits per heavy atom. The summed E-state index contributed by atoms with van der Waals surface area (Å²) in [6.07, 6.45) is 1.78. The van der Waals surface area contributed by atoms with E-state index in [0.29, 0.717) is 12.2 Å². The molecule has 4 heteroatoms. The van der Waals surface area contributed by atoms with Gasteiger partial charge in [-0.25, -0.2) is 0 Å². The van der Waals surface area contributed by atoms with Gasteiger partial charge < -0.3 is 4.74 Å². The molecule has 0 aliphatic carbocycles. The lowest BCUT2D eigenvalue weighted by Gasteiger charge is -2.14. The Morgan fingerprint density at radius 1 is 1.04 bits per heavy atom. The molecule has 2 aromatic carbocycles. The second kappa shape index (κ2) is 8.63. The van der Waals surface area contributed by atoms with Crippen molar-refractivity contribution in [3.63, 3.8) is 0 Å². The number of ether oxygens (including phenoxy) is 1. The van der Waals surface area contributed by atoms with Crippen molar-refractivity contribution in [2.45, 2.75) is 27.9 Å². The largest absolute Gasteiger partial charge is 0.489 e. The van der Waals surface area contributed by atoms with Gasteiger partial charge in [0.2, 0.25) is 0 Å². The minimum absolute atomic E-state index is 0. The van der Waals surface area contributed by atoms with E-state index in [-0.39, 0.29) is 7.43 Å². The first-order valence-electron chi connectivity index (χ1n) is 7.99. The number of benzene rings is 2. The molecule has 3 rings (SSSR count). The van der Waals surface area contributed by atoms with Gasteiger partial charge in [-0.1, -0.05) is 25.6 Å². The quantitative estimate of drug-likeness (QED) is 0.522. The Balaban J connectivity index is 0.00000243. The third kappa shape index (κ3) is 4.30. The van der Waals surface area contributed by atoms with Gasteiger partial charge in [-0.2, -0.15) is 0 Å². The van der Waals surface area contributed by atoms with Crippen molar-refractivity contribution >= 4 is 16.8 Å². The van der Waals surface area contributed by atoms with E-state index in [2.05, 4.69) is 4.98 Å². The SMILES string of the molecule is C.Cc1cc(-c2ccccn2)ccc1OCc1c(C)cccc1C(=O)Cl. The molecule has 1 heterocycles. The molecule has 0 saturated carbocycles. The highest BCUT2D eigenvalue weighted by molar-refractivity contribution is 6.67. The second-order valence-electron chi connectivity index (χ2n) is 5.86. The number of hydrogen-bond donors (Lipinski definition) is 0. The standard InChI is InChI=1S/C21H18ClNO2.CH4/c1-14-6-5-7-17(21(22)24)18(14)13-25-20-10-9-16(12-15(20)2)19-8-3-4-11-23-19;/h3-12H,13H2,1-2H3;1H4. The molecule has 0 spiro atoms. The molecule has 0 fully saturated rings. The molecule has 26 heavy (non-hydrogen) atoms. The molecule has 3 nitrogen and oxygen atoms in total. The first kappa shape index (κ1) is 19.7. The fourth-order valence-electron chi connectivity index (χ4n) is 2.73. The number of hydrogen-bond acceptors (Lipinski definition) is 3. The van der Waals surface area contributed by atoms with Gasteiger partial charge in [0, 0.05) is 22.9 Å². The summed E-state index contributed by atoms with van der Waals surface area (Å²) >= 11 is 5.68. The predicted octanol–water partition coefficient (Wildman–Crippen LogP) is 5.96. The molecule has 0 bridgehead atoms. The molecule has 0 aliphatic rings. The van der Waals surface area contributed by atoms with E-state index in [4.69, 9.17) is 16.3 Å². The van der Waals surface area contributed by atoms with E-state index < -0.39 is 5.24 Å². The van der Waals surface area contributed by atoms with Crippen LogP contribution in [0.1, 0.15) is 34.5 Å². The number of carbonyl (C=O) groups is 1. The van der Waals surface area contributed by atoms with Crippen LogP contribution in [-0.4, -0.2) is 10.2 Å². The van der Waals surface area contributed by atoms with E-state index in [9.17, 15) is 4.79 Å². The summed E-state index contributed by atoms with van der Waals surface area (Å²) in [6, 6.07) is 17.3. The lowest BCUT2D eigenvalue weighted by Crippen LogP contribution is -2.05. The van der Waals surface area contributed by atoms with Gasteiger partial charge >= 0.3 is 0 Å². The molecule has 0 amide bonds. The molecule has 3 aromatic rings. The Kier molecular flexibility index (Phi) is 6.53. The van der Waals surface area contributed by atoms with E-state index in [1.807, 2.05) is 62.4 Å².